The number of H-pyrrole nitrogens is 2. The summed E-state index contributed by atoms with van der Waals surface area (Å²) in [4.78, 5) is 24.0. The molecule has 1 aliphatic carbocycles. The van der Waals surface area contributed by atoms with Gasteiger partial charge in [-0.05, 0) is 12.8 Å². The van der Waals surface area contributed by atoms with Gasteiger partial charge in [0.05, 0.1) is 5.60 Å². The number of rotatable bonds is 3. The van der Waals surface area contributed by atoms with Crippen molar-refractivity contribution in [2.24, 2.45) is 0 Å². The smallest absolute Gasteiger partial charge is 0.342 e. The molecule has 1 aromatic rings. The first-order valence-corrected chi connectivity index (χ1v) is 5.24. The van der Waals surface area contributed by atoms with Crippen LogP contribution < -0.4 is 16.6 Å². The Hall–Kier alpha value is -1.63. The molecule has 16 heavy (non-hydrogen) atoms. The van der Waals surface area contributed by atoms with Crippen LogP contribution in [0.5, 0.6) is 0 Å². The first-order valence-electron chi connectivity index (χ1n) is 5.24. The highest BCUT2D eigenvalue weighted by atomic mass is 16.3. The van der Waals surface area contributed by atoms with Crippen LogP contribution in [0.3, 0.4) is 0 Å². The molecule has 7 nitrogen and oxygen atoms in total. The van der Waals surface area contributed by atoms with E-state index in [1.165, 1.54) is 0 Å². The Morgan fingerprint density at radius 2 is 2.06 bits per heavy atom. The minimum Gasteiger partial charge on any atom is -0.388 e. The lowest BCUT2D eigenvalue weighted by Gasteiger charge is -2.21. The van der Waals surface area contributed by atoms with Gasteiger partial charge >= 0.3 is 5.69 Å². The standard InChI is InChI=1S/C9H14N4O3/c14-7-6(12-13-8(15)11-7)10-5-9(16)3-1-2-4-9/h16H,1-5H2,(H,10,12)(H2,11,13,14,15). The van der Waals surface area contributed by atoms with Crippen molar-refractivity contribution in [2.45, 2.75) is 31.3 Å². The molecular weight excluding hydrogens is 212 g/mol. The third kappa shape index (κ3) is 2.30. The number of nitrogens with one attached hydrogen (secondary N) is 3. The molecule has 0 aliphatic heterocycles. The quantitative estimate of drug-likeness (QED) is 0.538. The van der Waals surface area contributed by atoms with Crippen LogP contribution >= 0.6 is 0 Å². The van der Waals surface area contributed by atoms with E-state index in [0.717, 1.165) is 25.7 Å². The zero-order chi connectivity index (χ0) is 11.6. The average molecular weight is 226 g/mol. The van der Waals surface area contributed by atoms with Gasteiger partial charge in [0, 0.05) is 6.54 Å². The Bertz CT molecular complexity index is 472. The maximum atomic E-state index is 11.3. The van der Waals surface area contributed by atoms with Gasteiger partial charge < -0.3 is 10.4 Å². The molecule has 0 atom stereocenters. The van der Waals surface area contributed by atoms with E-state index in [9.17, 15) is 14.7 Å². The van der Waals surface area contributed by atoms with Crippen LogP contribution in [-0.2, 0) is 0 Å². The van der Waals surface area contributed by atoms with Crippen molar-refractivity contribution in [1.29, 1.82) is 0 Å². The molecule has 0 bridgehead atoms. The molecule has 0 amide bonds. The van der Waals surface area contributed by atoms with Crippen LogP contribution in [0.1, 0.15) is 25.7 Å². The van der Waals surface area contributed by atoms with E-state index in [1.54, 1.807) is 0 Å². The predicted molar refractivity (Wildman–Crippen MR) is 57.4 cm³/mol. The van der Waals surface area contributed by atoms with Gasteiger partial charge in [0.25, 0.3) is 5.56 Å². The molecule has 1 fully saturated rings. The van der Waals surface area contributed by atoms with Crippen molar-refractivity contribution in [3.05, 3.63) is 20.8 Å². The highest BCUT2D eigenvalue weighted by molar-refractivity contribution is 5.29. The second kappa shape index (κ2) is 4.09. The number of hydrogen-bond acceptors (Lipinski definition) is 5. The van der Waals surface area contributed by atoms with Crippen LogP contribution in [-0.4, -0.2) is 32.4 Å². The molecule has 0 unspecified atom stereocenters. The summed E-state index contributed by atoms with van der Waals surface area (Å²) in [5.41, 5.74) is -1.98. The lowest BCUT2D eigenvalue weighted by Crippen LogP contribution is -2.36. The third-order valence-corrected chi connectivity index (χ3v) is 2.83. The molecule has 1 heterocycles. The Balaban J connectivity index is 2.04. The van der Waals surface area contributed by atoms with Gasteiger partial charge in [0.15, 0.2) is 0 Å². The minimum atomic E-state index is -0.760. The van der Waals surface area contributed by atoms with E-state index in [-0.39, 0.29) is 12.4 Å². The molecule has 1 aliphatic rings. The van der Waals surface area contributed by atoms with Gasteiger partial charge in [-0.15, -0.1) is 5.10 Å². The molecule has 2 rings (SSSR count). The van der Waals surface area contributed by atoms with Crippen molar-refractivity contribution in [1.82, 2.24) is 15.2 Å². The lowest BCUT2D eigenvalue weighted by molar-refractivity contribution is 0.0613. The maximum Gasteiger partial charge on any atom is 0.342 e. The largest absolute Gasteiger partial charge is 0.388 e. The van der Waals surface area contributed by atoms with E-state index in [2.05, 4.69) is 20.5 Å². The molecule has 1 saturated carbocycles. The molecule has 88 valence electrons. The number of nitrogens with zero attached hydrogens (tertiary/aromatic N) is 1. The van der Waals surface area contributed by atoms with Gasteiger partial charge in [0.1, 0.15) is 0 Å². The summed E-state index contributed by atoms with van der Waals surface area (Å²) in [6, 6.07) is 0. The number of hydrogen-bond donors (Lipinski definition) is 4. The van der Waals surface area contributed by atoms with Gasteiger partial charge in [-0.2, -0.15) is 0 Å². The van der Waals surface area contributed by atoms with Crippen LogP contribution in [0, 0.1) is 0 Å². The van der Waals surface area contributed by atoms with Crippen molar-refractivity contribution >= 4 is 5.82 Å². The molecule has 1 aromatic heterocycles. The van der Waals surface area contributed by atoms with Gasteiger partial charge in [-0.1, -0.05) is 12.8 Å². The van der Waals surface area contributed by atoms with E-state index >= 15 is 0 Å². The molecule has 7 heteroatoms. The lowest BCUT2D eigenvalue weighted by atomic mass is 10.0. The fraction of sp³-hybridized carbons (Fsp3) is 0.667. The number of aromatic amines is 2. The van der Waals surface area contributed by atoms with E-state index < -0.39 is 16.9 Å². The molecule has 4 N–H and O–H groups in total. The zero-order valence-corrected chi connectivity index (χ0v) is 8.75. The normalized spacial score (nSPS) is 18.6. The summed E-state index contributed by atoms with van der Waals surface area (Å²) in [5.74, 6) is 0.0277. The van der Waals surface area contributed by atoms with Crippen molar-refractivity contribution in [3.8, 4) is 0 Å². The van der Waals surface area contributed by atoms with Gasteiger partial charge in [-0.25, -0.2) is 9.89 Å². The maximum absolute atomic E-state index is 11.3. The summed E-state index contributed by atoms with van der Waals surface area (Å²) in [6.45, 7) is 0.273. The number of anilines is 1. The predicted octanol–water partition coefficient (Wildman–Crippen LogP) is -0.825. The van der Waals surface area contributed by atoms with Crippen molar-refractivity contribution in [2.75, 3.05) is 11.9 Å². The Labute approximate surface area is 90.9 Å². The van der Waals surface area contributed by atoms with Crippen molar-refractivity contribution in [3.63, 3.8) is 0 Å². The molecular formula is C9H14N4O3. The number of aliphatic hydroxyl groups is 1. The fourth-order valence-corrected chi connectivity index (χ4v) is 1.93. The molecule has 0 radical (unpaired) electrons. The van der Waals surface area contributed by atoms with E-state index in [0.29, 0.717) is 0 Å². The van der Waals surface area contributed by atoms with Crippen LogP contribution in [0.2, 0.25) is 0 Å². The van der Waals surface area contributed by atoms with Crippen LogP contribution in [0.15, 0.2) is 9.59 Å². The van der Waals surface area contributed by atoms with E-state index in [4.69, 9.17) is 0 Å². The highest BCUT2D eigenvalue weighted by Gasteiger charge is 2.30. The van der Waals surface area contributed by atoms with Gasteiger partial charge in [0.2, 0.25) is 5.82 Å². The van der Waals surface area contributed by atoms with E-state index in [1.807, 2.05) is 0 Å². The average Bonchev–Trinajstić information content (AvgIpc) is 2.64. The second-order valence-corrected chi connectivity index (χ2v) is 4.14. The van der Waals surface area contributed by atoms with Crippen LogP contribution in [0.4, 0.5) is 5.82 Å². The second-order valence-electron chi connectivity index (χ2n) is 4.14. The van der Waals surface area contributed by atoms with Gasteiger partial charge in [-0.3, -0.25) is 9.78 Å². The zero-order valence-electron chi connectivity index (χ0n) is 8.75. The molecule has 0 saturated heterocycles. The summed E-state index contributed by atoms with van der Waals surface area (Å²) in [6.07, 6.45) is 3.43. The summed E-state index contributed by atoms with van der Waals surface area (Å²) < 4.78 is 0. The topological polar surface area (TPSA) is 111 Å². The van der Waals surface area contributed by atoms with Crippen LogP contribution in [0.25, 0.3) is 0 Å². The Morgan fingerprint density at radius 3 is 2.69 bits per heavy atom. The number of aromatic nitrogens is 3. The van der Waals surface area contributed by atoms with Crippen molar-refractivity contribution < 1.29 is 5.11 Å². The third-order valence-electron chi connectivity index (χ3n) is 2.83. The minimum absolute atomic E-state index is 0.0277. The summed E-state index contributed by atoms with van der Waals surface area (Å²) in [7, 11) is 0. The molecule has 0 spiro atoms. The SMILES string of the molecule is O=c1[nH]nc(NCC2(O)CCCC2)c(=O)[nH]1. The molecule has 0 aromatic carbocycles. The monoisotopic (exact) mass is 226 g/mol. The first-order chi connectivity index (χ1) is 7.59. The fourth-order valence-electron chi connectivity index (χ4n) is 1.93. The Morgan fingerprint density at radius 1 is 1.38 bits per heavy atom. The summed E-state index contributed by atoms with van der Waals surface area (Å²) in [5, 5.41) is 18.5. The Kier molecular flexibility index (Phi) is 2.78. The summed E-state index contributed by atoms with van der Waals surface area (Å²) >= 11 is 0. The highest BCUT2D eigenvalue weighted by Crippen LogP contribution is 2.29. The first kappa shape index (κ1) is 10.9.